The molecule has 6 aromatic carbocycles. The number of hydrogen-bond donors (Lipinski definition) is 0. The van der Waals surface area contributed by atoms with Gasteiger partial charge in [0.25, 0.3) is 0 Å². The molecule has 0 atom stereocenters. The van der Waals surface area contributed by atoms with E-state index in [4.69, 9.17) is 20.0 Å². The minimum Gasteiger partial charge on any atom is -0.244 e. The van der Waals surface area contributed by atoms with Gasteiger partial charge in [0, 0.05) is 21.9 Å². The summed E-state index contributed by atoms with van der Waals surface area (Å²) in [4.78, 5) is 21.3. The van der Waals surface area contributed by atoms with E-state index in [1.807, 2.05) is 48.5 Å². The molecule has 0 saturated carbocycles. The van der Waals surface area contributed by atoms with Crippen molar-refractivity contribution in [2.75, 3.05) is 0 Å². The predicted octanol–water partition coefficient (Wildman–Crippen LogP) is 10.8. The smallest absolute Gasteiger partial charge is 0.116 e. The molecule has 0 bridgehead atoms. The lowest BCUT2D eigenvalue weighted by Gasteiger charge is -2.18. The fourth-order valence-electron chi connectivity index (χ4n) is 6.38. The van der Waals surface area contributed by atoms with Gasteiger partial charge in [-0.05, 0) is 46.5 Å². The Hall–Kier alpha value is -6.52. The summed E-state index contributed by atoms with van der Waals surface area (Å²) >= 11 is 0. The molecule has 2 aromatic heterocycles. The second-order valence-electron chi connectivity index (χ2n) is 11.9. The summed E-state index contributed by atoms with van der Waals surface area (Å²) in [6, 6.07) is 58.5. The summed E-state index contributed by atoms with van der Waals surface area (Å²) in [6.45, 7) is 0. The van der Waals surface area contributed by atoms with Gasteiger partial charge < -0.3 is 0 Å². The van der Waals surface area contributed by atoms with Crippen molar-refractivity contribution >= 4 is 44.6 Å². The summed E-state index contributed by atoms with van der Waals surface area (Å²) < 4.78 is 0. The Balaban J connectivity index is 1.29. The fourth-order valence-corrected chi connectivity index (χ4v) is 6.38. The maximum absolute atomic E-state index is 5.42. The zero-order valence-electron chi connectivity index (χ0n) is 26.0. The Kier molecular flexibility index (Phi) is 6.76. The summed E-state index contributed by atoms with van der Waals surface area (Å²) in [5.41, 5.74) is 12.8. The van der Waals surface area contributed by atoms with E-state index in [2.05, 4.69) is 121 Å². The van der Waals surface area contributed by atoms with Crippen LogP contribution in [0.3, 0.4) is 0 Å². The molecule has 0 aliphatic carbocycles. The lowest BCUT2D eigenvalue weighted by atomic mass is 9.97. The van der Waals surface area contributed by atoms with E-state index < -0.39 is 0 Å². The summed E-state index contributed by atoms with van der Waals surface area (Å²) in [6.07, 6.45) is 0. The number of benzene rings is 6. The quantitative estimate of drug-likeness (QED) is 0.199. The van der Waals surface area contributed by atoms with Crippen LogP contribution in [0.5, 0.6) is 0 Å². The highest BCUT2D eigenvalue weighted by Gasteiger charge is 2.24. The van der Waals surface area contributed by atoms with E-state index in [1.165, 1.54) is 11.1 Å². The molecule has 0 amide bonds. The van der Waals surface area contributed by atoms with Crippen LogP contribution in [-0.2, 0) is 0 Å². The second kappa shape index (κ2) is 11.7. The Morgan fingerprint density at radius 2 is 0.625 bits per heavy atom. The zero-order chi connectivity index (χ0) is 31.9. The lowest BCUT2D eigenvalue weighted by molar-refractivity contribution is 1.27. The van der Waals surface area contributed by atoms with Gasteiger partial charge in [0.15, 0.2) is 0 Å². The van der Waals surface area contributed by atoms with Gasteiger partial charge >= 0.3 is 0 Å². The number of nitrogens with zero attached hydrogens (tertiary/aromatic N) is 4. The van der Waals surface area contributed by atoms with Gasteiger partial charge in [0.2, 0.25) is 0 Å². The van der Waals surface area contributed by atoms with E-state index in [9.17, 15) is 0 Å². The minimum absolute atomic E-state index is 0.735. The number of rotatable bonds is 4. The van der Waals surface area contributed by atoms with Crippen LogP contribution in [0.1, 0.15) is 22.5 Å². The second-order valence-corrected chi connectivity index (χ2v) is 11.9. The molecule has 48 heavy (non-hydrogen) atoms. The molecule has 0 spiro atoms. The summed E-state index contributed by atoms with van der Waals surface area (Å²) in [7, 11) is 0. The van der Waals surface area contributed by atoms with Crippen molar-refractivity contribution in [3.63, 3.8) is 0 Å². The molecule has 4 heteroatoms. The van der Waals surface area contributed by atoms with Crippen LogP contribution in [0.15, 0.2) is 180 Å². The first-order valence-electron chi connectivity index (χ1n) is 16.1. The Labute approximate surface area is 278 Å². The molecule has 224 valence electrons. The number of hydrogen-bond acceptors (Lipinski definition) is 4. The van der Waals surface area contributed by atoms with Crippen molar-refractivity contribution in [1.82, 2.24) is 9.97 Å². The molecular weight excluding hydrogens is 585 g/mol. The number of pyridine rings is 2. The summed E-state index contributed by atoms with van der Waals surface area (Å²) in [5.74, 6) is 0. The van der Waals surface area contributed by atoms with Gasteiger partial charge in [-0.3, -0.25) is 0 Å². The molecule has 3 heterocycles. The van der Waals surface area contributed by atoms with Gasteiger partial charge in [-0.25, -0.2) is 20.0 Å². The Morgan fingerprint density at radius 1 is 0.292 bits per heavy atom. The fraction of sp³-hybridized carbons (Fsp3) is 0. The first-order valence-corrected chi connectivity index (χ1v) is 16.1. The van der Waals surface area contributed by atoms with Crippen LogP contribution in [0, 0.1) is 0 Å². The van der Waals surface area contributed by atoms with E-state index in [0.29, 0.717) is 0 Å². The van der Waals surface area contributed by atoms with Crippen LogP contribution in [0.25, 0.3) is 44.1 Å². The standard InChI is InChI=1S/C44H28N4/c1-3-11-29(12-4-1)31-19-23-33(24-20-31)41-43-39(27-35-15-7-9-17-37(35)45-43)48-42(34-25-21-32(22-26-34)30-13-5-2-6-14-30)44-40(47-41)28-36-16-8-10-18-38(36)46-44/h1-28H/b43-41?,44-42?,47-40?,47-41-,48-39?,48-42-. The number of aromatic nitrogens is 2. The Morgan fingerprint density at radius 3 is 1.04 bits per heavy atom. The van der Waals surface area contributed by atoms with E-state index >= 15 is 0 Å². The van der Waals surface area contributed by atoms with Crippen molar-refractivity contribution in [2.24, 2.45) is 9.98 Å². The predicted molar refractivity (Wildman–Crippen MR) is 198 cm³/mol. The van der Waals surface area contributed by atoms with Crippen molar-refractivity contribution in [3.05, 3.63) is 192 Å². The van der Waals surface area contributed by atoms with Crippen LogP contribution in [0.2, 0.25) is 0 Å². The zero-order valence-corrected chi connectivity index (χ0v) is 26.0. The summed E-state index contributed by atoms with van der Waals surface area (Å²) in [5, 5.41) is 2.04. The highest BCUT2D eigenvalue weighted by Crippen LogP contribution is 2.36. The van der Waals surface area contributed by atoms with Gasteiger partial charge in [0.05, 0.1) is 33.8 Å². The van der Waals surface area contributed by atoms with Crippen LogP contribution >= 0.6 is 0 Å². The van der Waals surface area contributed by atoms with E-state index in [1.54, 1.807) is 0 Å². The van der Waals surface area contributed by atoms with E-state index in [-0.39, 0.29) is 0 Å². The van der Waals surface area contributed by atoms with Gasteiger partial charge in [0.1, 0.15) is 11.4 Å². The van der Waals surface area contributed by atoms with Crippen LogP contribution in [0.4, 0.5) is 11.4 Å². The molecular formula is C44H28N4. The highest BCUT2D eigenvalue weighted by molar-refractivity contribution is 6.22. The molecule has 0 unspecified atom stereocenters. The molecule has 1 aliphatic rings. The van der Waals surface area contributed by atoms with Gasteiger partial charge in [-0.1, -0.05) is 146 Å². The van der Waals surface area contributed by atoms with Gasteiger partial charge in [-0.2, -0.15) is 0 Å². The average Bonchev–Trinajstić information content (AvgIpc) is 3.16. The largest absolute Gasteiger partial charge is 0.244 e. The van der Waals surface area contributed by atoms with Gasteiger partial charge in [-0.15, -0.1) is 0 Å². The Bertz CT molecular complexity index is 2340. The number of fused-ring (bicyclic) bond motifs is 4. The SMILES string of the molecule is c1ccc(-c2ccc(/C3=N/c4cc5ccccc5nc4/C(c4ccc(-c5ccccc5)cc4)=N\c4cc5ccccc5nc43)cc2)cc1. The van der Waals surface area contributed by atoms with Crippen molar-refractivity contribution < 1.29 is 0 Å². The normalized spacial score (nSPS) is 14.6. The first kappa shape index (κ1) is 27.8. The molecule has 0 fully saturated rings. The lowest BCUT2D eigenvalue weighted by Crippen LogP contribution is -2.13. The molecule has 0 saturated heterocycles. The molecule has 0 N–H and O–H groups in total. The maximum atomic E-state index is 5.42. The molecule has 1 aliphatic heterocycles. The molecule has 8 aromatic rings. The van der Waals surface area contributed by atoms with Crippen LogP contribution in [-0.4, -0.2) is 21.4 Å². The third-order valence-electron chi connectivity index (χ3n) is 8.85. The number of aliphatic imine (C=N–C) groups is 2. The third kappa shape index (κ3) is 5.06. The van der Waals surface area contributed by atoms with Crippen molar-refractivity contribution in [2.45, 2.75) is 0 Å². The minimum atomic E-state index is 0.735. The molecule has 4 nitrogen and oxygen atoms in total. The van der Waals surface area contributed by atoms with Crippen molar-refractivity contribution in [1.29, 1.82) is 0 Å². The monoisotopic (exact) mass is 612 g/mol. The maximum Gasteiger partial charge on any atom is 0.116 e. The van der Waals surface area contributed by atoms with E-state index in [0.717, 1.165) is 78.2 Å². The van der Waals surface area contributed by atoms with Crippen LogP contribution < -0.4 is 0 Å². The third-order valence-corrected chi connectivity index (χ3v) is 8.85. The topological polar surface area (TPSA) is 50.5 Å². The number of para-hydroxylation sites is 2. The first-order chi connectivity index (χ1) is 23.8. The average molecular weight is 613 g/mol. The highest BCUT2D eigenvalue weighted by atomic mass is 14.9. The molecule has 9 rings (SSSR count). The van der Waals surface area contributed by atoms with Crippen molar-refractivity contribution in [3.8, 4) is 22.3 Å². The molecule has 0 radical (unpaired) electrons.